The van der Waals surface area contributed by atoms with Crippen molar-refractivity contribution in [2.45, 2.75) is 61.9 Å². The fourth-order valence-corrected chi connectivity index (χ4v) is 5.32. The molecule has 11 heteroatoms. The van der Waals surface area contributed by atoms with Crippen LogP contribution in [0.2, 0.25) is 0 Å². The number of hydrogen-bond donors (Lipinski definition) is 2. The molecular weight excluding hydrogens is 457 g/mol. The van der Waals surface area contributed by atoms with E-state index in [0.717, 1.165) is 6.42 Å². The molecule has 2 aliphatic heterocycles. The number of amides is 1. The highest BCUT2D eigenvalue weighted by atomic mass is 31.1. The van der Waals surface area contributed by atoms with Crippen molar-refractivity contribution in [3.63, 3.8) is 0 Å². The number of carbonyl (C=O) groups excluding carboxylic acids is 1. The maximum Gasteiger partial charge on any atom is 0.416 e. The van der Waals surface area contributed by atoms with Gasteiger partial charge >= 0.3 is 12.4 Å². The van der Waals surface area contributed by atoms with Crippen molar-refractivity contribution in [2.24, 2.45) is 0 Å². The molecule has 1 aromatic carbocycles. The predicted molar refractivity (Wildman–Crippen MR) is 111 cm³/mol. The van der Waals surface area contributed by atoms with Crippen molar-refractivity contribution in [3.8, 4) is 0 Å². The summed E-state index contributed by atoms with van der Waals surface area (Å²) in [5, 5.41) is 5.89. The topological polar surface area (TPSA) is 50.4 Å². The molecule has 1 amide bonds. The van der Waals surface area contributed by atoms with Crippen molar-refractivity contribution >= 4 is 19.8 Å². The summed E-state index contributed by atoms with van der Waals surface area (Å²) in [4.78, 5) is 11.6. The Morgan fingerprint density at radius 1 is 1.09 bits per heavy atom. The van der Waals surface area contributed by atoms with E-state index in [0.29, 0.717) is 37.9 Å². The summed E-state index contributed by atoms with van der Waals surface area (Å²) < 4.78 is 84.8. The quantitative estimate of drug-likeness (QED) is 0.454. The molecule has 178 valence electrons. The maximum atomic E-state index is 13.2. The Labute approximate surface area is 183 Å². The zero-order valence-corrected chi connectivity index (χ0v) is 18.7. The van der Waals surface area contributed by atoms with Crippen molar-refractivity contribution in [1.82, 2.24) is 10.6 Å². The van der Waals surface area contributed by atoms with Crippen molar-refractivity contribution in [2.75, 3.05) is 19.8 Å². The lowest BCUT2D eigenvalue weighted by atomic mass is 9.85. The first-order valence-electron chi connectivity index (χ1n) is 10.2. The number of rotatable bonds is 5. The van der Waals surface area contributed by atoms with E-state index in [-0.39, 0.29) is 29.7 Å². The Morgan fingerprint density at radius 3 is 2.09 bits per heavy atom. The number of nitrogens with one attached hydrogen (secondary N) is 2. The molecule has 0 aromatic heterocycles. The van der Waals surface area contributed by atoms with E-state index in [9.17, 15) is 31.1 Å². The number of benzene rings is 1. The van der Waals surface area contributed by atoms with Crippen LogP contribution in [0.3, 0.4) is 0 Å². The van der Waals surface area contributed by atoms with E-state index in [1.807, 2.05) is 6.66 Å². The Balaban J connectivity index is 1.77. The second-order valence-corrected chi connectivity index (χ2v) is 11.0. The van der Waals surface area contributed by atoms with E-state index >= 15 is 0 Å². The smallest absolute Gasteiger partial charge is 0.367 e. The van der Waals surface area contributed by atoms with Crippen LogP contribution in [-0.4, -0.2) is 42.8 Å². The van der Waals surface area contributed by atoms with Gasteiger partial charge in [-0.05, 0) is 43.5 Å². The van der Waals surface area contributed by atoms with Gasteiger partial charge in [0.2, 0.25) is 5.91 Å². The first-order valence-corrected chi connectivity index (χ1v) is 12.1. The van der Waals surface area contributed by atoms with Crippen LogP contribution in [-0.2, 0) is 21.9 Å². The number of hydrogen-bond acceptors (Lipinski definition) is 3. The third-order valence-corrected chi connectivity index (χ3v) is 8.36. The molecular formula is C21H26F6N2O2P+. The van der Waals surface area contributed by atoms with Gasteiger partial charge in [-0.15, -0.1) is 0 Å². The van der Waals surface area contributed by atoms with E-state index in [1.54, 1.807) is 0 Å². The largest absolute Gasteiger partial charge is 0.416 e. The number of alkyl halides is 6. The van der Waals surface area contributed by atoms with Crippen LogP contribution in [0.4, 0.5) is 26.3 Å². The molecule has 2 heterocycles. The van der Waals surface area contributed by atoms with E-state index in [1.165, 1.54) is 6.92 Å². The lowest BCUT2D eigenvalue weighted by Crippen LogP contribution is -2.61. The van der Waals surface area contributed by atoms with Gasteiger partial charge in [0.25, 0.3) is 0 Å². The first-order chi connectivity index (χ1) is 14.7. The average molecular weight is 483 g/mol. The zero-order valence-electron chi connectivity index (χ0n) is 17.8. The summed E-state index contributed by atoms with van der Waals surface area (Å²) in [7, 11) is -0.853. The average Bonchev–Trinajstić information content (AvgIpc) is 3.06. The molecule has 4 atom stereocenters. The summed E-state index contributed by atoms with van der Waals surface area (Å²) in [6, 6.07) is 1.50. The van der Waals surface area contributed by atoms with Crippen molar-refractivity contribution in [1.29, 1.82) is 0 Å². The summed E-state index contributed by atoms with van der Waals surface area (Å²) in [6.07, 6.45) is -4.16. The minimum absolute atomic E-state index is 0.00238. The van der Waals surface area contributed by atoms with Crippen LogP contribution < -0.4 is 10.6 Å². The van der Waals surface area contributed by atoms with E-state index < -0.39 is 42.4 Å². The van der Waals surface area contributed by atoms with Crippen LogP contribution in [0, 0.1) is 0 Å². The van der Waals surface area contributed by atoms with Crippen LogP contribution in [0.1, 0.15) is 55.4 Å². The predicted octanol–water partition coefficient (Wildman–Crippen LogP) is 5.07. The molecule has 4 unspecified atom stereocenters. The summed E-state index contributed by atoms with van der Waals surface area (Å²) in [6.45, 7) is 3.97. The van der Waals surface area contributed by atoms with Gasteiger partial charge in [-0.25, -0.2) is 0 Å². The highest BCUT2D eigenvalue weighted by Gasteiger charge is 2.51. The van der Waals surface area contributed by atoms with E-state index in [2.05, 4.69) is 16.9 Å². The Kier molecular flexibility index (Phi) is 6.73. The molecule has 2 saturated heterocycles. The fraction of sp³-hybridized carbons (Fsp3) is 0.619. The van der Waals surface area contributed by atoms with Gasteiger partial charge in [-0.3, -0.25) is 10.1 Å². The summed E-state index contributed by atoms with van der Waals surface area (Å²) >= 11 is 0. The van der Waals surface area contributed by atoms with E-state index in [4.69, 9.17) is 4.74 Å². The summed E-state index contributed by atoms with van der Waals surface area (Å²) in [5.74, 6) is 0.00238. The molecule has 3 rings (SSSR count). The first kappa shape index (κ1) is 25.0. The minimum atomic E-state index is -4.91. The maximum absolute atomic E-state index is 13.2. The number of carbonyl (C=O) groups is 1. The molecule has 2 fully saturated rings. The van der Waals surface area contributed by atoms with Crippen molar-refractivity contribution in [3.05, 3.63) is 34.9 Å². The molecule has 0 saturated carbocycles. The monoisotopic (exact) mass is 483 g/mol. The van der Waals surface area contributed by atoms with Crippen LogP contribution in [0.5, 0.6) is 0 Å². The molecule has 32 heavy (non-hydrogen) atoms. The van der Waals surface area contributed by atoms with Crippen LogP contribution in [0.25, 0.3) is 0 Å². The van der Waals surface area contributed by atoms with Gasteiger partial charge in [0, 0.05) is 19.4 Å². The molecule has 1 aromatic rings. The number of piperidine rings is 1. The van der Waals surface area contributed by atoms with Gasteiger partial charge in [0.05, 0.1) is 35.7 Å². The fourth-order valence-electron chi connectivity index (χ4n) is 4.18. The normalized spacial score (nSPS) is 28.0. The Morgan fingerprint density at radius 2 is 1.69 bits per heavy atom. The summed E-state index contributed by atoms with van der Waals surface area (Å²) in [5.41, 5.74) is -3.24. The minimum Gasteiger partial charge on any atom is -0.367 e. The standard InChI is InChI=1S/C21H25F6N2O2P/c1-13(14-8-15(20(22,23)24)10-16(9-14)21(25,26)27)31-12-19(32(2)3)7-6-18(11-28-19)5-4-17(30)29-18/h8-10,13,28H,2,4-7,11-12H2,1,3H3/p+1. The second kappa shape index (κ2) is 8.61. The second-order valence-electron chi connectivity index (χ2n) is 8.70. The number of halogens is 6. The molecule has 0 radical (unpaired) electrons. The lowest BCUT2D eigenvalue weighted by molar-refractivity contribution is -0.143. The zero-order chi connectivity index (χ0) is 23.9. The highest BCUT2D eigenvalue weighted by molar-refractivity contribution is 7.56. The lowest BCUT2D eigenvalue weighted by Gasteiger charge is -2.42. The Bertz CT molecular complexity index is 859. The molecule has 0 bridgehead atoms. The third kappa shape index (κ3) is 5.29. The number of ether oxygens (including phenoxy) is 1. The molecule has 4 nitrogen and oxygen atoms in total. The van der Waals surface area contributed by atoms with Crippen molar-refractivity contribution < 1.29 is 35.9 Å². The Hall–Kier alpha value is -1.64. The van der Waals surface area contributed by atoms with Gasteiger partial charge in [-0.2, -0.15) is 26.3 Å². The van der Waals surface area contributed by atoms with Gasteiger partial charge in [0.15, 0.2) is 5.28 Å². The molecule has 2 aliphatic rings. The van der Waals surface area contributed by atoms with Crippen LogP contribution >= 0.6 is 7.55 Å². The van der Waals surface area contributed by atoms with Gasteiger partial charge < -0.3 is 10.1 Å². The molecule has 2 N–H and O–H groups in total. The SMILES string of the molecule is C=[P+](C)C1(COC(C)c2cc(C(F)(F)F)cc(C(F)(F)F)c2)CCC2(CCC(=O)N2)CN1. The molecule has 1 spiro atoms. The van der Waals surface area contributed by atoms with Gasteiger partial charge in [-0.1, -0.05) is 0 Å². The van der Waals surface area contributed by atoms with Crippen LogP contribution in [0.15, 0.2) is 18.2 Å². The van der Waals surface area contributed by atoms with Gasteiger partial charge in [0.1, 0.15) is 14.2 Å². The highest BCUT2D eigenvalue weighted by Crippen LogP contribution is 2.44. The molecule has 0 aliphatic carbocycles. The third-order valence-electron chi connectivity index (χ3n) is 6.39.